The van der Waals surface area contributed by atoms with Crippen LogP contribution in [0, 0.1) is 0 Å². The summed E-state index contributed by atoms with van der Waals surface area (Å²) in [6.45, 7) is 5.47. The van der Waals surface area contributed by atoms with Crippen molar-refractivity contribution in [3.8, 4) is 0 Å². The molecule has 7 heteroatoms. The largest absolute Gasteiger partial charge is 0.465 e. The predicted octanol–water partition coefficient (Wildman–Crippen LogP) is 2.61. The van der Waals surface area contributed by atoms with Crippen molar-refractivity contribution in [3.05, 3.63) is 19.2 Å². The molecule has 19 heavy (non-hydrogen) atoms. The van der Waals surface area contributed by atoms with Gasteiger partial charge < -0.3 is 10.1 Å². The molecule has 4 nitrogen and oxygen atoms in total. The molecule has 2 heterocycles. The van der Waals surface area contributed by atoms with Gasteiger partial charge in [0, 0.05) is 35.5 Å². The minimum Gasteiger partial charge on any atom is -0.465 e. The molecule has 1 saturated heterocycles. The highest BCUT2D eigenvalue weighted by molar-refractivity contribution is 9.13. The number of piperazine rings is 1. The maximum atomic E-state index is 12.0. The van der Waals surface area contributed by atoms with Crippen molar-refractivity contribution in [1.29, 1.82) is 0 Å². The zero-order valence-corrected chi connectivity index (χ0v) is 14.6. The summed E-state index contributed by atoms with van der Waals surface area (Å²) in [5.41, 5.74) is 0. The summed E-state index contributed by atoms with van der Waals surface area (Å²) in [4.78, 5) is 15.4. The standard InChI is InChI=1S/C12H16Br2N2O2S/c1-2-18-12(17)10-6-15-3-4-16(10)7-8-5-9(13)11(14)19-8/h5,10,15H,2-4,6-7H2,1H3. The first-order chi connectivity index (χ1) is 9.11. The molecule has 1 aliphatic rings. The second-order valence-corrected chi connectivity index (χ2v) is 7.59. The van der Waals surface area contributed by atoms with Gasteiger partial charge in [0.2, 0.25) is 0 Å². The Kier molecular flexibility index (Phi) is 5.83. The van der Waals surface area contributed by atoms with Gasteiger partial charge in [0.1, 0.15) is 6.04 Å². The molecule has 1 fully saturated rings. The number of hydrogen-bond acceptors (Lipinski definition) is 5. The fourth-order valence-corrected chi connectivity index (χ4v) is 4.28. The molecular formula is C12H16Br2N2O2S. The van der Waals surface area contributed by atoms with Crippen molar-refractivity contribution in [1.82, 2.24) is 10.2 Å². The van der Waals surface area contributed by atoms with Crippen LogP contribution in [0.2, 0.25) is 0 Å². The van der Waals surface area contributed by atoms with E-state index in [-0.39, 0.29) is 12.0 Å². The van der Waals surface area contributed by atoms with Crippen LogP contribution in [0.4, 0.5) is 0 Å². The molecule has 0 aliphatic carbocycles. The lowest BCUT2D eigenvalue weighted by Crippen LogP contribution is -2.54. The van der Waals surface area contributed by atoms with E-state index in [0.717, 1.165) is 27.9 Å². The molecule has 0 radical (unpaired) electrons. The predicted molar refractivity (Wildman–Crippen MR) is 83.4 cm³/mol. The summed E-state index contributed by atoms with van der Waals surface area (Å²) >= 11 is 8.68. The summed E-state index contributed by atoms with van der Waals surface area (Å²) in [6.07, 6.45) is 0. The normalized spacial score (nSPS) is 20.5. The van der Waals surface area contributed by atoms with Gasteiger partial charge in [-0.3, -0.25) is 9.69 Å². The Hall–Kier alpha value is 0.0500. The van der Waals surface area contributed by atoms with Gasteiger partial charge in [-0.05, 0) is 44.8 Å². The van der Waals surface area contributed by atoms with Crippen molar-refractivity contribution in [2.45, 2.75) is 19.5 Å². The number of hydrogen-bond donors (Lipinski definition) is 1. The average Bonchev–Trinajstić information content (AvgIpc) is 2.69. The molecule has 0 saturated carbocycles. The van der Waals surface area contributed by atoms with E-state index < -0.39 is 0 Å². The Balaban J connectivity index is 2.05. The quantitative estimate of drug-likeness (QED) is 0.773. The number of nitrogens with zero attached hydrogens (tertiary/aromatic N) is 1. The number of carbonyl (C=O) groups is 1. The lowest BCUT2D eigenvalue weighted by molar-refractivity contribution is -0.150. The molecule has 0 amide bonds. The van der Waals surface area contributed by atoms with Crippen LogP contribution < -0.4 is 5.32 Å². The number of nitrogens with one attached hydrogen (secondary N) is 1. The number of ether oxygens (including phenoxy) is 1. The summed E-state index contributed by atoms with van der Waals surface area (Å²) in [7, 11) is 0. The van der Waals surface area contributed by atoms with Gasteiger partial charge in [-0.25, -0.2) is 0 Å². The number of carbonyl (C=O) groups excluding carboxylic acids is 1. The molecule has 1 aromatic rings. The van der Waals surface area contributed by atoms with E-state index in [9.17, 15) is 4.79 Å². The van der Waals surface area contributed by atoms with E-state index in [2.05, 4.69) is 48.1 Å². The van der Waals surface area contributed by atoms with Crippen molar-refractivity contribution < 1.29 is 9.53 Å². The lowest BCUT2D eigenvalue weighted by Gasteiger charge is -2.34. The number of halogens is 2. The second kappa shape index (κ2) is 7.17. The van der Waals surface area contributed by atoms with E-state index in [1.165, 1.54) is 4.88 Å². The highest BCUT2D eigenvalue weighted by Gasteiger charge is 2.30. The third-order valence-corrected chi connectivity index (χ3v) is 6.21. The van der Waals surface area contributed by atoms with Crippen LogP contribution >= 0.6 is 43.2 Å². The first kappa shape index (κ1) is 15.4. The van der Waals surface area contributed by atoms with Crippen LogP contribution in [0.1, 0.15) is 11.8 Å². The zero-order chi connectivity index (χ0) is 13.8. The van der Waals surface area contributed by atoms with Crippen LogP contribution in [-0.2, 0) is 16.1 Å². The third kappa shape index (κ3) is 4.01. The first-order valence-electron chi connectivity index (χ1n) is 6.17. The second-order valence-electron chi connectivity index (χ2n) is 4.28. The van der Waals surface area contributed by atoms with Crippen LogP contribution in [0.5, 0.6) is 0 Å². The molecule has 1 aromatic heterocycles. The Labute approximate surface area is 133 Å². The number of esters is 1. The van der Waals surface area contributed by atoms with Gasteiger partial charge in [-0.1, -0.05) is 0 Å². The molecule has 0 aromatic carbocycles. The van der Waals surface area contributed by atoms with Crippen LogP contribution in [-0.4, -0.2) is 43.2 Å². The maximum Gasteiger partial charge on any atom is 0.324 e. The highest BCUT2D eigenvalue weighted by Crippen LogP contribution is 2.33. The molecule has 0 spiro atoms. The smallest absolute Gasteiger partial charge is 0.324 e. The molecule has 1 N–H and O–H groups in total. The first-order valence-corrected chi connectivity index (χ1v) is 8.57. The number of thiophene rings is 1. The summed E-state index contributed by atoms with van der Waals surface area (Å²) in [6, 6.07) is 1.91. The molecule has 1 atom stereocenters. The lowest BCUT2D eigenvalue weighted by atomic mass is 10.2. The van der Waals surface area contributed by atoms with E-state index >= 15 is 0 Å². The van der Waals surface area contributed by atoms with E-state index in [0.29, 0.717) is 13.2 Å². The van der Waals surface area contributed by atoms with Crippen molar-refractivity contribution >= 4 is 49.2 Å². The fraction of sp³-hybridized carbons (Fsp3) is 0.583. The molecule has 1 unspecified atom stereocenters. The van der Waals surface area contributed by atoms with Gasteiger partial charge in [0.05, 0.1) is 10.4 Å². The Morgan fingerprint density at radius 1 is 1.63 bits per heavy atom. The number of rotatable bonds is 4. The SMILES string of the molecule is CCOC(=O)C1CNCCN1Cc1cc(Br)c(Br)s1. The van der Waals surface area contributed by atoms with Crippen molar-refractivity contribution in [2.24, 2.45) is 0 Å². The molecule has 2 rings (SSSR count). The summed E-state index contributed by atoms with van der Waals surface area (Å²) < 4.78 is 7.30. The highest BCUT2D eigenvalue weighted by atomic mass is 79.9. The van der Waals surface area contributed by atoms with E-state index in [1.807, 2.05) is 6.92 Å². The van der Waals surface area contributed by atoms with Gasteiger partial charge in [-0.2, -0.15) is 0 Å². The minimum absolute atomic E-state index is 0.135. The van der Waals surface area contributed by atoms with Gasteiger partial charge >= 0.3 is 5.97 Å². The fourth-order valence-electron chi connectivity index (χ4n) is 2.08. The Morgan fingerprint density at radius 2 is 2.42 bits per heavy atom. The van der Waals surface area contributed by atoms with Crippen molar-refractivity contribution in [3.63, 3.8) is 0 Å². The maximum absolute atomic E-state index is 12.0. The molecule has 1 aliphatic heterocycles. The summed E-state index contributed by atoms with van der Waals surface area (Å²) in [5, 5.41) is 3.25. The monoisotopic (exact) mass is 410 g/mol. The molecule has 0 bridgehead atoms. The van der Waals surface area contributed by atoms with E-state index in [1.54, 1.807) is 11.3 Å². The third-order valence-electron chi connectivity index (χ3n) is 2.97. The average molecular weight is 412 g/mol. The molecular weight excluding hydrogens is 396 g/mol. The van der Waals surface area contributed by atoms with Crippen LogP contribution in [0.25, 0.3) is 0 Å². The van der Waals surface area contributed by atoms with Crippen molar-refractivity contribution in [2.75, 3.05) is 26.2 Å². The van der Waals surface area contributed by atoms with E-state index in [4.69, 9.17) is 4.74 Å². The zero-order valence-electron chi connectivity index (χ0n) is 10.6. The van der Waals surface area contributed by atoms with Crippen LogP contribution in [0.3, 0.4) is 0 Å². The van der Waals surface area contributed by atoms with Gasteiger partial charge in [0.25, 0.3) is 0 Å². The molecule has 106 valence electrons. The topological polar surface area (TPSA) is 41.6 Å². The minimum atomic E-state index is -0.187. The summed E-state index contributed by atoms with van der Waals surface area (Å²) in [5.74, 6) is -0.135. The van der Waals surface area contributed by atoms with Gasteiger partial charge in [0.15, 0.2) is 0 Å². The van der Waals surface area contributed by atoms with Crippen LogP contribution in [0.15, 0.2) is 14.3 Å². The Morgan fingerprint density at radius 3 is 3.05 bits per heavy atom. The van der Waals surface area contributed by atoms with Gasteiger partial charge in [-0.15, -0.1) is 11.3 Å². The Bertz CT molecular complexity index is 433.